The Morgan fingerprint density at radius 1 is 1.29 bits per heavy atom. The average Bonchev–Trinajstić information content (AvgIpc) is 2.42. The van der Waals surface area contributed by atoms with E-state index in [1.54, 1.807) is 5.32 Å². The van der Waals surface area contributed by atoms with E-state index < -0.39 is 28.7 Å². The van der Waals surface area contributed by atoms with Gasteiger partial charge in [-0.1, -0.05) is 6.07 Å². The van der Waals surface area contributed by atoms with Gasteiger partial charge in [-0.05, 0) is 18.2 Å². The van der Waals surface area contributed by atoms with E-state index in [-0.39, 0.29) is 23.5 Å². The van der Waals surface area contributed by atoms with Crippen LogP contribution in [0, 0.1) is 0 Å². The molecule has 1 amide bonds. The number of nitrogens with two attached hydrogens (primary N) is 1. The molecule has 0 heterocycles. The van der Waals surface area contributed by atoms with Gasteiger partial charge >= 0.3 is 6.18 Å². The van der Waals surface area contributed by atoms with Crippen molar-refractivity contribution >= 4 is 15.9 Å². The van der Waals surface area contributed by atoms with Crippen molar-refractivity contribution in [2.24, 2.45) is 5.73 Å². The van der Waals surface area contributed by atoms with Gasteiger partial charge in [-0.15, -0.1) is 0 Å². The Bertz CT molecular complexity index is 602. The zero-order valence-corrected chi connectivity index (χ0v) is 11.6. The maximum Gasteiger partial charge on any atom is 0.405 e. The Kier molecular flexibility index (Phi) is 5.70. The number of benzene rings is 1. The Balaban J connectivity index is 2.88. The lowest BCUT2D eigenvalue weighted by atomic mass is 10.2. The minimum Gasteiger partial charge on any atom is -0.343 e. The largest absolute Gasteiger partial charge is 0.405 e. The predicted octanol–water partition coefficient (Wildman–Crippen LogP) is 0.216. The van der Waals surface area contributed by atoms with Crippen molar-refractivity contribution in [1.29, 1.82) is 0 Å². The molecule has 0 unspecified atom stereocenters. The lowest BCUT2D eigenvalue weighted by Crippen LogP contribution is -2.34. The Morgan fingerprint density at radius 3 is 2.52 bits per heavy atom. The van der Waals surface area contributed by atoms with E-state index in [2.05, 4.69) is 4.72 Å². The molecular weight excluding hydrogens is 311 g/mol. The van der Waals surface area contributed by atoms with Gasteiger partial charge in [-0.25, -0.2) is 13.1 Å². The van der Waals surface area contributed by atoms with E-state index in [0.717, 1.165) is 6.07 Å². The van der Waals surface area contributed by atoms with Gasteiger partial charge in [0, 0.05) is 18.7 Å². The molecule has 0 radical (unpaired) electrons. The monoisotopic (exact) mass is 325 g/mol. The first kappa shape index (κ1) is 17.4. The van der Waals surface area contributed by atoms with Gasteiger partial charge in [0.15, 0.2) is 0 Å². The lowest BCUT2D eigenvalue weighted by molar-refractivity contribution is -0.123. The summed E-state index contributed by atoms with van der Waals surface area (Å²) in [5.41, 5.74) is 4.99. The third kappa shape index (κ3) is 5.69. The molecule has 0 atom stereocenters. The normalized spacial score (nSPS) is 12.2. The van der Waals surface area contributed by atoms with Crippen LogP contribution in [0.5, 0.6) is 0 Å². The molecule has 0 spiro atoms. The number of carbonyl (C=O) groups is 1. The van der Waals surface area contributed by atoms with Crippen LogP contribution in [0.25, 0.3) is 0 Å². The maximum absolute atomic E-state index is 12.0. The second kappa shape index (κ2) is 6.87. The van der Waals surface area contributed by atoms with Gasteiger partial charge in [-0.2, -0.15) is 13.2 Å². The van der Waals surface area contributed by atoms with Crippen LogP contribution in [0.3, 0.4) is 0 Å². The van der Waals surface area contributed by atoms with Crippen molar-refractivity contribution in [2.75, 3.05) is 19.6 Å². The zero-order chi connectivity index (χ0) is 16.1. The summed E-state index contributed by atoms with van der Waals surface area (Å²) in [5.74, 6) is -1.01. The van der Waals surface area contributed by atoms with Crippen LogP contribution in [0.1, 0.15) is 10.4 Å². The maximum atomic E-state index is 12.0. The number of halogens is 3. The standard InChI is InChI=1S/C11H14F3N3O3S/c12-11(13,14)7-16-10(18)8-2-1-3-9(6-8)21(19,20)17-5-4-15/h1-3,6,17H,4-5,7,15H2,(H,16,18). The smallest absolute Gasteiger partial charge is 0.343 e. The molecule has 10 heteroatoms. The number of alkyl halides is 3. The number of hydrogen-bond donors (Lipinski definition) is 3. The van der Waals surface area contributed by atoms with Gasteiger partial charge in [-0.3, -0.25) is 4.79 Å². The van der Waals surface area contributed by atoms with Crippen molar-refractivity contribution in [2.45, 2.75) is 11.1 Å². The molecule has 21 heavy (non-hydrogen) atoms. The Labute approximate surface area is 119 Å². The summed E-state index contributed by atoms with van der Waals surface area (Å²) >= 11 is 0. The van der Waals surface area contributed by atoms with Crippen LogP contribution in [-0.4, -0.2) is 40.1 Å². The van der Waals surface area contributed by atoms with Crippen molar-refractivity contribution in [3.05, 3.63) is 29.8 Å². The summed E-state index contributed by atoms with van der Waals surface area (Å²) in [6.07, 6.45) is -4.54. The molecule has 0 fully saturated rings. The fourth-order valence-electron chi connectivity index (χ4n) is 1.36. The van der Waals surface area contributed by atoms with Crippen LogP contribution in [0.2, 0.25) is 0 Å². The number of nitrogens with one attached hydrogen (secondary N) is 2. The van der Waals surface area contributed by atoms with Gasteiger partial charge in [0.25, 0.3) is 5.91 Å². The third-order valence-corrected chi connectivity index (χ3v) is 3.75. The van der Waals surface area contributed by atoms with E-state index >= 15 is 0 Å². The highest BCUT2D eigenvalue weighted by Crippen LogP contribution is 2.14. The Morgan fingerprint density at radius 2 is 1.95 bits per heavy atom. The summed E-state index contributed by atoms with van der Waals surface area (Å²) in [4.78, 5) is 11.3. The van der Waals surface area contributed by atoms with Crippen LogP contribution in [0.15, 0.2) is 29.2 Å². The molecule has 0 aliphatic rings. The van der Waals surface area contributed by atoms with Crippen molar-refractivity contribution in [3.63, 3.8) is 0 Å². The summed E-state index contributed by atoms with van der Waals surface area (Å²) < 4.78 is 61.8. The van der Waals surface area contributed by atoms with Crippen molar-refractivity contribution in [3.8, 4) is 0 Å². The molecule has 118 valence electrons. The van der Waals surface area contributed by atoms with Crippen LogP contribution < -0.4 is 15.8 Å². The predicted molar refractivity (Wildman–Crippen MR) is 69.1 cm³/mol. The first-order valence-corrected chi connectivity index (χ1v) is 7.29. The minimum atomic E-state index is -4.54. The molecule has 6 nitrogen and oxygen atoms in total. The number of rotatable bonds is 6. The van der Waals surface area contributed by atoms with E-state index in [1.165, 1.54) is 18.2 Å². The van der Waals surface area contributed by atoms with Gasteiger partial charge in [0.2, 0.25) is 10.0 Å². The van der Waals surface area contributed by atoms with Crippen LogP contribution >= 0.6 is 0 Å². The molecule has 1 aromatic rings. The molecule has 0 bridgehead atoms. The van der Waals surface area contributed by atoms with Crippen LogP contribution in [0.4, 0.5) is 13.2 Å². The number of sulfonamides is 1. The topological polar surface area (TPSA) is 101 Å². The molecule has 4 N–H and O–H groups in total. The average molecular weight is 325 g/mol. The zero-order valence-electron chi connectivity index (χ0n) is 10.8. The van der Waals surface area contributed by atoms with Gasteiger partial charge in [0.1, 0.15) is 6.54 Å². The molecule has 0 saturated carbocycles. The third-order valence-electron chi connectivity index (χ3n) is 2.29. The molecule has 0 aliphatic carbocycles. The quantitative estimate of drug-likeness (QED) is 0.696. The molecule has 0 saturated heterocycles. The number of amides is 1. The van der Waals surface area contributed by atoms with E-state index in [4.69, 9.17) is 5.73 Å². The second-order valence-corrected chi connectivity index (χ2v) is 5.78. The summed E-state index contributed by atoms with van der Waals surface area (Å²) in [6, 6.07) is 4.69. The van der Waals surface area contributed by atoms with Crippen LogP contribution in [-0.2, 0) is 10.0 Å². The minimum absolute atomic E-state index is 0.00678. The molecule has 0 aromatic heterocycles. The first-order chi connectivity index (χ1) is 9.65. The van der Waals surface area contributed by atoms with Gasteiger partial charge in [0.05, 0.1) is 4.90 Å². The van der Waals surface area contributed by atoms with Crippen molar-refractivity contribution < 1.29 is 26.4 Å². The molecule has 0 aliphatic heterocycles. The molecule has 1 rings (SSSR count). The van der Waals surface area contributed by atoms with E-state index in [0.29, 0.717) is 0 Å². The fraction of sp³-hybridized carbons (Fsp3) is 0.364. The number of carbonyl (C=O) groups excluding carboxylic acids is 1. The highest BCUT2D eigenvalue weighted by molar-refractivity contribution is 7.89. The van der Waals surface area contributed by atoms with Gasteiger partial charge < -0.3 is 11.1 Å². The lowest BCUT2D eigenvalue weighted by Gasteiger charge is -2.10. The summed E-state index contributed by atoms with van der Waals surface area (Å²) in [5, 5.41) is 1.66. The molecular formula is C11H14F3N3O3S. The fourth-order valence-corrected chi connectivity index (χ4v) is 2.46. The molecule has 1 aromatic carbocycles. The SMILES string of the molecule is NCCNS(=O)(=O)c1cccc(C(=O)NCC(F)(F)F)c1. The first-order valence-electron chi connectivity index (χ1n) is 5.80. The summed E-state index contributed by atoms with van der Waals surface area (Å²) in [7, 11) is -3.85. The Hall–Kier alpha value is -1.65. The second-order valence-electron chi connectivity index (χ2n) is 4.01. The summed E-state index contributed by atoms with van der Waals surface area (Å²) in [6.45, 7) is -1.40. The number of hydrogen-bond acceptors (Lipinski definition) is 4. The highest BCUT2D eigenvalue weighted by Gasteiger charge is 2.28. The van der Waals surface area contributed by atoms with Crippen molar-refractivity contribution in [1.82, 2.24) is 10.0 Å². The highest BCUT2D eigenvalue weighted by atomic mass is 32.2. The van der Waals surface area contributed by atoms with E-state index in [1.807, 2.05) is 0 Å². The van der Waals surface area contributed by atoms with E-state index in [9.17, 15) is 26.4 Å².